The summed E-state index contributed by atoms with van der Waals surface area (Å²) in [6.07, 6.45) is 0.253. The van der Waals surface area contributed by atoms with Crippen LogP contribution in [0.3, 0.4) is 0 Å². The number of carbonyl (C=O) groups is 4. The molecular weight excluding hydrogens is 608 g/mol. The molecule has 3 rings (SSSR count). The lowest BCUT2D eigenvalue weighted by Gasteiger charge is -2.27. The van der Waals surface area contributed by atoms with Crippen molar-refractivity contribution < 1.29 is 33.4 Å². The van der Waals surface area contributed by atoms with E-state index >= 15 is 0 Å². The maximum atomic E-state index is 14.2. The van der Waals surface area contributed by atoms with Crippen molar-refractivity contribution in [2.24, 2.45) is 22.2 Å². The van der Waals surface area contributed by atoms with Gasteiger partial charge in [0.2, 0.25) is 11.8 Å². The van der Waals surface area contributed by atoms with Crippen LogP contribution in [0, 0.1) is 0 Å². The number of ether oxygens (including phenoxy) is 1. The third kappa shape index (κ3) is 10.8. The number of rotatable bonds is 15. The number of guanidine groups is 1. The number of fused-ring (bicyclic) bond motifs is 1. The third-order valence-corrected chi connectivity index (χ3v) is 6.96. The van der Waals surface area contributed by atoms with E-state index in [9.17, 15) is 29.1 Å². The number of aliphatic hydroxyl groups is 1. The molecule has 4 atom stereocenters. The first-order valence-corrected chi connectivity index (χ1v) is 15.1. The number of carbonyl (C=O) groups excluding carboxylic acids is 4. The summed E-state index contributed by atoms with van der Waals surface area (Å²) in [5, 5.41) is 15.4. The highest BCUT2D eigenvalue weighted by molar-refractivity contribution is 6.08. The van der Waals surface area contributed by atoms with Crippen molar-refractivity contribution >= 4 is 40.5 Å². The minimum Gasteiger partial charge on any atom is -0.459 e. The average molecular weight is 651 g/mol. The fourth-order valence-electron chi connectivity index (χ4n) is 4.73. The molecule has 9 N–H and O–H groups in total. The summed E-state index contributed by atoms with van der Waals surface area (Å²) >= 11 is 0. The van der Waals surface area contributed by atoms with E-state index in [1.165, 1.54) is 6.07 Å². The lowest BCUT2D eigenvalue weighted by molar-refractivity contribution is -0.159. The minimum absolute atomic E-state index is 0.0751. The number of ketones is 1. The van der Waals surface area contributed by atoms with Crippen molar-refractivity contribution in [2.45, 2.75) is 69.7 Å². The van der Waals surface area contributed by atoms with Gasteiger partial charge in [-0.25, -0.2) is 4.79 Å². The first kappa shape index (κ1) is 36.4. The van der Waals surface area contributed by atoms with Gasteiger partial charge in [-0.05, 0) is 57.7 Å². The van der Waals surface area contributed by atoms with Gasteiger partial charge < -0.3 is 42.1 Å². The Balaban J connectivity index is 1.93. The van der Waals surface area contributed by atoms with Crippen molar-refractivity contribution in [3.8, 4) is 0 Å². The van der Waals surface area contributed by atoms with E-state index in [1.54, 1.807) is 69.3 Å². The largest absolute Gasteiger partial charge is 0.459 e. The van der Waals surface area contributed by atoms with Crippen molar-refractivity contribution in [3.63, 3.8) is 0 Å². The zero-order valence-corrected chi connectivity index (χ0v) is 26.6. The summed E-state index contributed by atoms with van der Waals surface area (Å²) in [4.78, 5) is 71.1. The van der Waals surface area contributed by atoms with Gasteiger partial charge >= 0.3 is 11.6 Å². The monoisotopic (exact) mass is 650 g/mol. The maximum Gasteiger partial charge on any atom is 0.340 e. The van der Waals surface area contributed by atoms with Crippen LogP contribution in [0.5, 0.6) is 0 Å². The molecule has 0 fully saturated rings. The Morgan fingerprint density at radius 3 is 2.23 bits per heavy atom. The summed E-state index contributed by atoms with van der Waals surface area (Å²) in [6, 6.07) is 13.0. The molecule has 0 aliphatic rings. The van der Waals surface area contributed by atoms with Gasteiger partial charge in [0.1, 0.15) is 23.1 Å². The zero-order chi connectivity index (χ0) is 34.7. The van der Waals surface area contributed by atoms with Gasteiger partial charge in [-0.1, -0.05) is 48.5 Å². The molecule has 1 heterocycles. The molecule has 0 bridgehead atoms. The van der Waals surface area contributed by atoms with E-state index in [-0.39, 0.29) is 42.9 Å². The number of aliphatic imine (C=N–C) groups is 1. The molecule has 0 radical (unpaired) electrons. The van der Waals surface area contributed by atoms with E-state index in [1.807, 2.05) is 6.07 Å². The molecule has 14 heteroatoms. The summed E-state index contributed by atoms with van der Waals surface area (Å²) in [5.41, 5.74) is 15.7. The SMILES string of the molecule is CC(C)(C)OC(=O)C(C(=O)[C@H](CCCN=C(N)N)NC(=O)[C@H](CO)NC(=O)[C@@H](N)Cc1ccccc1)c1cc2ccccc2oc1=O. The number of hydrogen-bond donors (Lipinski definition) is 6. The van der Waals surface area contributed by atoms with Crippen LogP contribution in [0.1, 0.15) is 50.7 Å². The zero-order valence-electron chi connectivity index (χ0n) is 26.6. The molecular formula is C33H42N6O8. The molecule has 0 aliphatic carbocycles. The van der Waals surface area contributed by atoms with E-state index < -0.39 is 65.4 Å². The van der Waals surface area contributed by atoms with Gasteiger partial charge in [0, 0.05) is 11.9 Å². The number of benzene rings is 2. The second-order valence-corrected chi connectivity index (χ2v) is 11.9. The number of para-hydroxylation sites is 1. The first-order valence-electron chi connectivity index (χ1n) is 15.1. The summed E-state index contributed by atoms with van der Waals surface area (Å²) < 4.78 is 10.9. The highest BCUT2D eigenvalue weighted by atomic mass is 16.6. The molecule has 252 valence electrons. The summed E-state index contributed by atoms with van der Waals surface area (Å²) in [5.74, 6) is -5.55. The van der Waals surface area contributed by atoms with E-state index in [0.717, 1.165) is 5.56 Å². The fourth-order valence-corrected chi connectivity index (χ4v) is 4.73. The summed E-state index contributed by atoms with van der Waals surface area (Å²) in [7, 11) is 0. The van der Waals surface area contributed by atoms with Crippen molar-refractivity contribution in [2.75, 3.05) is 13.2 Å². The highest BCUT2D eigenvalue weighted by Gasteiger charge is 2.40. The van der Waals surface area contributed by atoms with Gasteiger partial charge in [-0.3, -0.25) is 24.2 Å². The molecule has 0 saturated heterocycles. The topological polar surface area (TPSA) is 242 Å². The quantitative estimate of drug-likeness (QED) is 0.0328. The molecule has 1 unspecified atom stereocenters. The van der Waals surface area contributed by atoms with Gasteiger partial charge in [-0.15, -0.1) is 0 Å². The van der Waals surface area contributed by atoms with Gasteiger partial charge in [0.05, 0.1) is 24.3 Å². The van der Waals surface area contributed by atoms with E-state index in [2.05, 4.69) is 15.6 Å². The molecule has 14 nitrogen and oxygen atoms in total. The Morgan fingerprint density at radius 1 is 0.957 bits per heavy atom. The van der Waals surface area contributed by atoms with Crippen LogP contribution < -0.4 is 33.5 Å². The van der Waals surface area contributed by atoms with Crippen molar-refractivity contribution in [1.29, 1.82) is 0 Å². The maximum absolute atomic E-state index is 14.2. The van der Waals surface area contributed by atoms with Crippen LogP contribution in [0.15, 0.2) is 74.9 Å². The molecule has 0 spiro atoms. The normalized spacial score (nSPS) is 13.9. The van der Waals surface area contributed by atoms with Gasteiger partial charge in [-0.2, -0.15) is 0 Å². The number of Topliss-reactive ketones (excluding diaryl/α,β-unsaturated/α-hetero) is 1. The first-order chi connectivity index (χ1) is 22.2. The standard InChI is InChI=1S/C33H42N6O8/c1-33(2,3)47-31(45)26(21-17-20-12-7-8-14-25(20)46-30(21)44)27(41)23(13-9-15-37-32(35)36)38-29(43)24(18-40)39-28(42)22(34)16-19-10-5-4-6-11-19/h4-8,10-12,14,17,22-24,26,40H,9,13,15-16,18,34H2,1-3H3,(H,38,43)(H,39,42)(H4,35,36,37)/t22-,23-,24-,26?/m0/s1. The van der Waals surface area contributed by atoms with E-state index in [0.29, 0.717) is 5.39 Å². The number of nitrogens with one attached hydrogen (secondary N) is 2. The molecule has 3 aromatic rings. The number of aliphatic hydroxyl groups excluding tert-OH is 1. The minimum atomic E-state index is -1.80. The van der Waals surface area contributed by atoms with Crippen LogP contribution in [-0.4, -0.2) is 71.5 Å². The number of esters is 1. The highest BCUT2D eigenvalue weighted by Crippen LogP contribution is 2.25. The molecule has 1 aromatic heterocycles. The van der Waals surface area contributed by atoms with Crippen LogP contribution in [0.2, 0.25) is 0 Å². The van der Waals surface area contributed by atoms with Crippen molar-refractivity contribution in [3.05, 3.63) is 82.2 Å². The third-order valence-electron chi connectivity index (χ3n) is 6.96. The van der Waals surface area contributed by atoms with Crippen LogP contribution in [0.25, 0.3) is 11.0 Å². The second kappa shape index (κ2) is 16.5. The van der Waals surface area contributed by atoms with Crippen LogP contribution in [-0.2, 0) is 30.3 Å². The summed E-state index contributed by atoms with van der Waals surface area (Å²) in [6.45, 7) is 4.04. The van der Waals surface area contributed by atoms with Gasteiger partial charge in [0.25, 0.3) is 0 Å². The Labute approximate surface area is 271 Å². The Morgan fingerprint density at radius 2 is 1.60 bits per heavy atom. The molecule has 2 aromatic carbocycles. The number of amides is 2. The lowest BCUT2D eigenvalue weighted by atomic mass is 9.88. The van der Waals surface area contributed by atoms with Crippen LogP contribution in [0.4, 0.5) is 0 Å². The van der Waals surface area contributed by atoms with Gasteiger partial charge in [0.15, 0.2) is 11.7 Å². The molecule has 2 amide bonds. The Hall–Kier alpha value is -5.08. The smallest absolute Gasteiger partial charge is 0.340 e. The average Bonchev–Trinajstić information content (AvgIpc) is 3.00. The van der Waals surface area contributed by atoms with E-state index in [4.69, 9.17) is 26.4 Å². The Bertz CT molecular complexity index is 1650. The predicted octanol–water partition coefficient (Wildman–Crippen LogP) is 0.373. The molecule has 0 aliphatic heterocycles. The fraction of sp³-hybridized carbons (Fsp3) is 0.394. The lowest BCUT2D eigenvalue weighted by Crippen LogP contribution is -2.56. The predicted molar refractivity (Wildman–Crippen MR) is 175 cm³/mol. The second-order valence-electron chi connectivity index (χ2n) is 11.9. The number of nitrogens with zero attached hydrogens (tertiary/aromatic N) is 1. The number of nitrogens with two attached hydrogens (primary N) is 3. The molecule has 0 saturated carbocycles. The Kier molecular flexibility index (Phi) is 12.8. The van der Waals surface area contributed by atoms with Crippen LogP contribution >= 0.6 is 0 Å². The van der Waals surface area contributed by atoms with Crippen molar-refractivity contribution in [1.82, 2.24) is 10.6 Å². The molecule has 47 heavy (non-hydrogen) atoms. The number of hydrogen-bond acceptors (Lipinski definition) is 10.